The van der Waals surface area contributed by atoms with Crippen LogP contribution >= 0.6 is 0 Å². The Labute approximate surface area is 115 Å². The molecule has 1 saturated heterocycles. The van der Waals surface area contributed by atoms with Crippen LogP contribution < -0.4 is 10.3 Å². The summed E-state index contributed by atoms with van der Waals surface area (Å²) < 4.78 is 17.5. The quantitative estimate of drug-likeness (QED) is 0.708. The molecule has 0 saturated carbocycles. The Hall–Kier alpha value is -1.48. The zero-order valence-electron chi connectivity index (χ0n) is 11.3. The fourth-order valence-electron chi connectivity index (χ4n) is 2.17. The number of nitrogens with zero attached hydrogens (tertiary/aromatic N) is 2. The molecule has 20 heavy (non-hydrogen) atoms. The lowest BCUT2D eigenvalue weighted by atomic mass is 10.1. The van der Waals surface area contributed by atoms with Gasteiger partial charge in [0.25, 0.3) is 5.56 Å². The highest BCUT2D eigenvalue weighted by atomic mass is 16.6. The van der Waals surface area contributed by atoms with Gasteiger partial charge in [-0.2, -0.15) is 4.98 Å². The van der Waals surface area contributed by atoms with Gasteiger partial charge in [-0.05, 0) is 6.92 Å². The predicted octanol–water partition coefficient (Wildman–Crippen LogP) is -1.09. The zero-order valence-corrected chi connectivity index (χ0v) is 11.3. The summed E-state index contributed by atoms with van der Waals surface area (Å²) in [6.45, 7) is 1.75. The molecule has 8 heteroatoms. The highest BCUT2D eigenvalue weighted by molar-refractivity contribution is 5.04. The lowest BCUT2D eigenvalue weighted by molar-refractivity contribution is -0.0644. The minimum atomic E-state index is -0.982. The second-order valence-electron chi connectivity index (χ2n) is 4.33. The molecule has 0 aromatic carbocycles. The van der Waals surface area contributed by atoms with E-state index in [-0.39, 0.29) is 12.6 Å². The first-order valence-corrected chi connectivity index (χ1v) is 6.31. The molecule has 0 bridgehead atoms. The van der Waals surface area contributed by atoms with Gasteiger partial charge in [-0.15, -0.1) is 0 Å². The number of hydrogen-bond donors (Lipinski definition) is 2. The molecule has 1 fully saturated rings. The number of methoxy groups -OCH3 is 1. The smallest absolute Gasteiger partial charge is 0.301 e. The first-order chi connectivity index (χ1) is 9.62. The van der Waals surface area contributed by atoms with Crippen LogP contribution in [0.15, 0.2) is 17.1 Å². The van der Waals surface area contributed by atoms with Gasteiger partial charge in [0.1, 0.15) is 18.3 Å². The Kier molecular flexibility index (Phi) is 4.71. The van der Waals surface area contributed by atoms with Gasteiger partial charge in [0, 0.05) is 19.4 Å². The molecule has 0 aliphatic carbocycles. The molecule has 1 unspecified atom stereocenters. The van der Waals surface area contributed by atoms with Crippen LogP contribution in [-0.2, 0) is 9.47 Å². The lowest BCUT2D eigenvalue weighted by Crippen LogP contribution is -2.35. The van der Waals surface area contributed by atoms with Gasteiger partial charge in [0.2, 0.25) is 0 Å². The van der Waals surface area contributed by atoms with Crippen molar-refractivity contribution in [1.82, 2.24) is 9.55 Å². The fraction of sp³-hybridized carbons (Fsp3) is 0.667. The maximum Gasteiger partial charge on any atom is 0.301 e. The highest BCUT2D eigenvalue weighted by Gasteiger charge is 2.45. The topological polar surface area (TPSA) is 103 Å². The van der Waals surface area contributed by atoms with Crippen LogP contribution in [0.5, 0.6) is 6.01 Å². The highest BCUT2D eigenvalue weighted by Crippen LogP contribution is 2.32. The molecule has 2 rings (SSSR count). The molecule has 4 atom stereocenters. The SMILES string of the molecule is CCOc1nc(=O)ccn1[C@@H]1O[C@H](CO)[C@H](O)C1OC. The van der Waals surface area contributed by atoms with E-state index in [0.29, 0.717) is 6.61 Å². The minimum Gasteiger partial charge on any atom is -0.465 e. The number of hydrogen-bond acceptors (Lipinski definition) is 7. The Morgan fingerprint density at radius 3 is 2.90 bits per heavy atom. The molecule has 1 aliphatic heterocycles. The third kappa shape index (κ3) is 2.68. The lowest BCUT2D eigenvalue weighted by Gasteiger charge is -2.22. The van der Waals surface area contributed by atoms with Gasteiger partial charge in [-0.25, -0.2) is 0 Å². The first kappa shape index (κ1) is 14.9. The largest absolute Gasteiger partial charge is 0.465 e. The standard InChI is InChI=1S/C12H18N2O6/c1-3-19-12-13-8(16)4-5-14(12)11-10(18-2)9(17)7(6-15)20-11/h4-5,7,9-11,15,17H,3,6H2,1-2H3/t7-,9+,10?,11-/m1/s1. The average molecular weight is 286 g/mol. The molecule has 112 valence electrons. The number of aromatic nitrogens is 2. The van der Waals surface area contributed by atoms with E-state index < -0.39 is 30.1 Å². The van der Waals surface area contributed by atoms with Crippen molar-refractivity contribution >= 4 is 0 Å². The van der Waals surface area contributed by atoms with Gasteiger partial charge < -0.3 is 24.4 Å². The predicted molar refractivity (Wildman–Crippen MR) is 67.5 cm³/mol. The average Bonchev–Trinajstić information content (AvgIpc) is 2.75. The Morgan fingerprint density at radius 1 is 1.55 bits per heavy atom. The molecule has 2 heterocycles. The molecule has 0 radical (unpaired) electrons. The molecule has 0 spiro atoms. The van der Waals surface area contributed by atoms with Crippen molar-refractivity contribution in [3.8, 4) is 6.01 Å². The van der Waals surface area contributed by atoms with Gasteiger partial charge in [0.05, 0.1) is 13.2 Å². The van der Waals surface area contributed by atoms with Crippen molar-refractivity contribution in [1.29, 1.82) is 0 Å². The van der Waals surface area contributed by atoms with E-state index in [0.717, 1.165) is 0 Å². The number of ether oxygens (including phenoxy) is 3. The molecule has 1 aromatic heterocycles. The van der Waals surface area contributed by atoms with Crippen molar-refractivity contribution in [2.24, 2.45) is 0 Å². The molecular weight excluding hydrogens is 268 g/mol. The minimum absolute atomic E-state index is 0.0813. The number of rotatable bonds is 5. The molecule has 0 amide bonds. The van der Waals surface area contributed by atoms with Crippen LogP contribution in [-0.4, -0.2) is 58.4 Å². The van der Waals surface area contributed by atoms with Crippen molar-refractivity contribution in [3.05, 3.63) is 22.6 Å². The summed E-state index contributed by atoms with van der Waals surface area (Å²) >= 11 is 0. The van der Waals surface area contributed by atoms with Crippen molar-refractivity contribution in [3.63, 3.8) is 0 Å². The summed E-state index contributed by atoms with van der Waals surface area (Å²) in [7, 11) is 1.43. The van der Waals surface area contributed by atoms with E-state index >= 15 is 0 Å². The third-order valence-corrected chi connectivity index (χ3v) is 3.12. The second kappa shape index (κ2) is 6.31. The van der Waals surface area contributed by atoms with Crippen molar-refractivity contribution in [2.75, 3.05) is 20.3 Å². The third-order valence-electron chi connectivity index (χ3n) is 3.12. The summed E-state index contributed by atoms with van der Waals surface area (Å²) in [6, 6.07) is 1.34. The van der Waals surface area contributed by atoms with E-state index in [1.807, 2.05) is 0 Å². The first-order valence-electron chi connectivity index (χ1n) is 6.31. The second-order valence-corrected chi connectivity index (χ2v) is 4.33. The Balaban J connectivity index is 2.37. The summed E-state index contributed by atoms with van der Waals surface area (Å²) in [5, 5.41) is 19.2. The van der Waals surface area contributed by atoms with Gasteiger partial charge in [-0.1, -0.05) is 0 Å². The molecular formula is C12H18N2O6. The molecule has 1 aliphatic rings. The van der Waals surface area contributed by atoms with E-state index in [4.69, 9.17) is 14.2 Å². The molecule has 8 nitrogen and oxygen atoms in total. The Bertz CT molecular complexity index is 505. The summed E-state index contributed by atoms with van der Waals surface area (Å²) in [5.41, 5.74) is -0.434. The Morgan fingerprint density at radius 2 is 2.30 bits per heavy atom. The van der Waals surface area contributed by atoms with Crippen LogP contribution in [0, 0.1) is 0 Å². The monoisotopic (exact) mass is 286 g/mol. The van der Waals surface area contributed by atoms with E-state index in [1.54, 1.807) is 6.92 Å². The summed E-state index contributed by atoms with van der Waals surface area (Å²) in [6.07, 6.45) is -1.72. The van der Waals surface area contributed by atoms with Gasteiger partial charge in [0.15, 0.2) is 6.23 Å². The van der Waals surface area contributed by atoms with Gasteiger partial charge in [-0.3, -0.25) is 9.36 Å². The van der Waals surface area contributed by atoms with Gasteiger partial charge >= 0.3 is 6.01 Å². The molecule has 1 aromatic rings. The van der Waals surface area contributed by atoms with Crippen LogP contribution in [0.4, 0.5) is 0 Å². The molecule has 2 N–H and O–H groups in total. The number of aliphatic hydroxyl groups excluding tert-OH is 2. The summed E-state index contributed by atoms with van der Waals surface area (Å²) in [5.74, 6) is 0. The van der Waals surface area contributed by atoms with E-state index in [2.05, 4.69) is 4.98 Å². The normalized spacial score (nSPS) is 29.6. The maximum absolute atomic E-state index is 11.3. The maximum atomic E-state index is 11.3. The zero-order chi connectivity index (χ0) is 14.7. The number of aliphatic hydroxyl groups is 2. The van der Waals surface area contributed by atoms with E-state index in [1.165, 1.54) is 23.9 Å². The van der Waals surface area contributed by atoms with Crippen LogP contribution in [0.25, 0.3) is 0 Å². The van der Waals surface area contributed by atoms with E-state index in [9.17, 15) is 15.0 Å². The van der Waals surface area contributed by atoms with Crippen LogP contribution in [0.3, 0.4) is 0 Å². The van der Waals surface area contributed by atoms with Crippen molar-refractivity contribution in [2.45, 2.75) is 31.5 Å². The van der Waals surface area contributed by atoms with Crippen LogP contribution in [0.1, 0.15) is 13.2 Å². The summed E-state index contributed by atoms with van der Waals surface area (Å²) in [4.78, 5) is 15.1. The van der Waals surface area contributed by atoms with Crippen molar-refractivity contribution < 1.29 is 24.4 Å². The fourth-order valence-corrected chi connectivity index (χ4v) is 2.17. The van der Waals surface area contributed by atoms with Crippen LogP contribution in [0.2, 0.25) is 0 Å².